The number of methoxy groups -OCH3 is 1. The minimum Gasteiger partial charge on any atom is -0.469 e. The number of aromatic amines is 1. The minimum absolute atomic E-state index is 0.0676. The molecule has 1 aliphatic heterocycles. The number of hydrogen-bond acceptors (Lipinski definition) is 4. The number of H-pyrrole nitrogens is 1. The van der Waals surface area contributed by atoms with Gasteiger partial charge in [0.05, 0.1) is 24.3 Å². The highest BCUT2D eigenvalue weighted by atomic mass is 16.5. The zero-order valence-electron chi connectivity index (χ0n) is 11.7. The van der Waals surface area contributed by atoms with Crippen LogP contribution in [0.5, 0.6) is 0 Å². The smallest absolute Gasteiger partial charge is 0.310 e. The van der Waals surface area contributed by atoms with Crippen molar-refractivity contribution in [1.82, 2.24) is 15.1 Å². The third kappa shape index (κ3) is 2.34. The van der Waals surface area contributed by atoms with Crippen LogP contribution in [0.1, 0.15) is 28.7 Å². The van der Waals surface area contributed by atoms with Gasteiger partial charge < -0.3 is 9.64 Å². The number of ether oxygens (including phenoxy) is 1. The maximum absolute atomic E-state index is 12.5. The number of nitrogens with zero attached hydrogens (tertiary/aromatic N) is 2. The van der Waals surface area contributed by atoms with Crippen molar-refractivity contribution < 1.29 is 14.3 Å². The molecule has 1 aliphatic rings. The van der Waals surface area contributed by atoms with E-state index in [2.05, 4.69) is 10.2 Å². The second-order valence-corrected chi connectivity index (χ2v) is 5.13. The molecule has 1 fully saturated rings. The zero-order valence-corrected chi connectivity index (χ0v) is 11.7. The third-order valence-corrected chi connectivity index (χ3v) is 3.75. The van der Waals surface area contributed by atoms with E-state index in [1.165, 1.54) is 7.11 Å². The number of likely N-dealkylation sites (tertiary alicyclic amines) is 1. The van der Waals surface area contributed by atoms with Crippen molar-refractivity contribution in [2.24, 2.45) is 11.8 Å². The molecule has 1 saturated heterocycles. The van der Waals surface area contributed by atoms with Gasteiger partial charge in [-0.1, -0.05) is 6.92 Å². The first-order valence-electron chi connectivity index (χ1n) is 6.34. The molecule has 1 amide bonds. The molecule has 104 valence electrons. The summed E-state index contributed by atoms with van der Waals surface area (Å²) in [6.07, 6.45) is 0. The molecule has 2 heterocycles. The van der Waals surface area contributed by atoms with Crippen LogP contribution in [0.25, 0.3) is 0 Å². The van der Waals surface area contributed by atoms with Gasteiger partial charge in [0, 0.05) is 18.8 Å². The van der Waals surface area contributed by atoms with E-state index in [9.17, 15) is 9.59 Å². The average Bonchev–Trinajstić information content (AvgIpc) is 2.92. The average molecular weight is 265 g/mol. The maximum atomic E-state index is 12.5. The molecule has 0 radical (unpaired) electrons. The monoisotopic (exact) mass is 265 g/mol. The molecule has 0 saturated carbocycles. The van der Waals surface area contributed by atoms with Crippen LogP contribution in [0.4, 0.5) is 0 Å². The fourth-order valence-electron chi connectivity index (χ4n) is 2.61. The molecule has 2 unspecified atom stereocenters. The number of esters is 1. The van der Waals surface area contributed by atoms with E-state index in [4.69, 9.17) is 4.74 Å². The predicted molar refractivity (Wildman–Crippen MR) is 68.6 cm³/mol. The van der Waals surface area contributed by atoms with Crippen molar-refractivity contribution in [3.05, 3.63) is 17.0 Å². The molecule has 1 aromatic heterocycles. The lowest BCUT2D eigenvalue weighted by molar-refractivity contribution is -0.146. The second kappa shape index (κ2) is 5.03. The van der Waals surface area contributed by atoms with Crippen LogP contribution in [0.3, 0.4) is 0 Å². The number of carbonyl (C=O) groups excluding carboxylic acids is 2. The number of rotatable bonds is 2. The minimum atomic E-state index is -0.247. The lowest BCUT2D eigenvalue weighted by Crippen LogP contribution is -2.30. The van der Waals surface area contributed by atoms with Crippen molar-refractivity contribution in [1.29, 1.82) is 0 Å². The first kappa shape index (κ1) is 13.6. The van der Waals surface area contributed by atoms with E-state index in [-0.39, 0.29) is 23.7 Å². The topological polar surface area (TPSA) is 75.3 Å². The van der Waals surface area contributed by atoms with Crippen LogP contribution in [0.2, 0.25) is 0 Å². The summed E-state index contributed by atoms with van der Waals surface area (Å²) in [7, 11) is 1.38. The van der Waals surface area contributed by atoms with E-state index in [1.54, 1.807) is 11.8 Å². The molecule has 0 spiro atoms. The van der Waals surface area contributed by atoms with Crippen molar-refractivity contribution in [3.8, 4) is 0 Å². The summed E-state index contributed by atoms with van der Waals surface area (Å²) in [4.78, 5) is 25.8. The Balaban J connectivity index is 2.17. The van der Waals surface area contributed by atoms with E-state index in [1.807, 2.05) is 13.8 Å². The maximum Gasteiger partial charge on any atom is 0.310 e. The number of aromatic nitrogens is 2. The van der Waals surface area contributed by atoms with Crippen molar-refractivity contribution >= 4 is 11.9 Å². The lowest BCUT2D eigenvalue weighted by Gasteiger charge is -2.16. The van der Waals surface area contributed by atoms with Gasteiger partial charge in [-0.25, -0.2) is 0 Å². The molecule has 6 heteroatoms. The fourth-order valence-corrected chi connectivity index (χ4v) is 2.61. The number of hydrogen-bond donors (Lipinski definition) is 1. The quantitative estimate of drug-likeness (QED) is 0.806. The third-order valence-electron chi connectivity index (χ3n) is 3.75. The van der Waals surface area contributed by atoms with Gasteiger partial charge in [0.25, 0.3) is 5.91 Å². The number of aryl methyl sites for hydroxylation is 2. The molecule has 6 nitrogen and oxygen atoms in total. The van der Waals surface area contributed by atoms with Crippen LogP contribution in [0.15, 0.2) is 0 Å². The van der Waals surface area contributed by atoms with Gasteiger partial charge in [-0.3, -0.25) is 14.7 Å². The Kier molecular flexibility index (Phi) is 3.59. The Morgan fingerprint density at radius 2 is 2.05 bits per heavy atom. The summed E-state index contributed by atoms with van der Waals surface area (Å²) in [6.45, 7) is 6.57. The van der Waals surface area contributed by atoms with Gasteiger partial charge in [-0.15, -0.1) is 0 Å². The molecular formula is C13H19N3O3. The summed E-state index contributed by atoms with van der Waals surface area (Å²) in [6, 6.07) is 0. The largest absolute Gasteiger partial charge is 0.469 e. The van der Waals surface area contributed by atoms with E-state index in [0.717, 1.165) is 5.69 Å². The zero-order chi connectivity index (χ0) is 14.2. The molecule has 2 rings (SSSR count). The number of amides is 1. The van der Waals surface area contributed by atoms with Crippen molar-refractivity contribution in [2.45, 2.75) is 20.8 Å². The Hall–Kier alpha value is -1.85. The van der Waals surface area contributed by atoms with Gasteiger partial charge in [0.1, 0.15) is 0 Å². The van der Waals surface area contributed by atoms with Crippen LogP contribution < -0.4 is 0 Å². The number of nitrogens with one attached hydrogen (secondary N) is 1. The summed E-state index contributed by atoms with van der Waals surface area (Å²) < 4.78 is 4.78. The molecule has 1 N–H and O–H groups in total. The fraction of sp³-hybridized carbons (Fsp3) is 0.615. The summed E-state index contributed by atoms with van der Waals surface area (Å²) >= 11 is 0. The van der Waals surface area contributed by atoms with Crippen LogP contribution in [0, 0.1) is 25.7 Å². The molecule has 2 atom stereocenters. The van der Waals surface area contributed by atoms with E-state index < -0.39 is 0 Å². The van der Waals surface area contributed by atoms with Crippen molar-refractivity contribution in [2.75, 3.05) is 20.2 Å². The normalized spacial score (nSPS) is 22.6. The standard InChI is InChI=1S/C13H19N3O3/c1-7-5-16(6-10(7)13(18)19-4)12(17)11-8(2)14-15-9(11)3/h7,10H,5-6H2,1-4H3,(H,14,15). The van der Waals surface area contributed by atoms with Crippen LogP contribution >= 0.6 is 0 Å². The lowest BCUT2D eigenvalue weighted by atomic mass is 9.99. The molecule has 0 aliphatic carbocycles. The molecule has 0 aromatic carbocycles. The van der Waals surface area contributed by atoms with Gasteiger partial charge in [-0.2, -0.15) is 5.10 Å². The van der Waals surface area contributed by atoms with Crippen LogP contribution in [-0.2, 0) is 9.53 Å². The Labute approximate surface area is 112 Å². The summed E-state index contributed by atoms with van der Waals surface area (Å²) in [5.41, 5.74) is 2.06. The Morgan fingerprint density at radius 1 is 1.37 bits per heavy atom. The molecule has 19 heavy (non-hydrogen) atoms. The van der Waals surface area contributed by atoms with Gasteiger partial charge in [0.2, 0.25) is 0 Å². The summed E-state index contributed by atoms with van der Waals surface area (Å²) in [5, 5.41) is 6.84. The van der Waals surface area contributed by atoms with Gasteiger partial charge in [0.15, 0.2) is 0 Å². The Bertz CT molecular complexity index is 490. The van der Waals surface area contributed by atoms with E-state index >= 15 is 0 Å². The summed E-state index contributed by atoms with van der Waals surface area (Å²) in [5.74, 6) is -0.434. The van der Waals surface area contributed by atoms with Crippen molar-refractivity contribution in [3.63, 3.8) is 0 Å². The SMILES string of the molecule is COC(=O)C1CN(C(=O)c2c(C)n[nH]c2C)CC1C. The molecular weight excluding hydrogens is 246 g/mol. The Morgan fingerprint density at radius 3 is 2.58 bits per heavy atom. The van der Waals surface area contributed by atoms with Gasteiger partial charge >= 0.3 is 5.97 Å². The highest BCUT2D eigenvalue weighted by molar-refractivity contribution is 5.97. The van der Waals surface area contributed by atoms with Gasteiger partial charge in [-0.05, 0) is 19.8 Å². The first-order valence-corrected chi connectivity index (χ1v) is 6.34. The predicted octanol–water partition coefficient (Wildman–Crippen LogP) is 0.908. The first-order chi connectivity index (χ1) is 8.95. The highest BCUT2D eigenvalue weighted by Gasteiger charge is 2.38. The second-order valence-electron chi connectivity index (χ2n) is 5.13. The van der Waals surface area contributed by atoms with E-state index in [0.29, 0.717) is 24.3 Å². The van der Waals surface area contributed by atoms with Crippen LogP contribution in [-0.4, -0.2) is 47.2 Å². The number of carbonyl (C=O) groups is 2. The highest BCUT2D eigenvalue weighted by Crippen LogP contribution is 2.26. The molecule has 0 bridgehead atoms. The molecule has 1 aromatic rings.